The van der Waals surface area contributed by atoms with Crippen LogP contribution in [-0.2, 0) is 0 Å². The molecule has 0 aliphatic carbocycles. The molecule has 0 saturated heterocycles. The maximum absolute atomic E-state index is 5.14. The van der Waals surface area contributed by atoms with Crippen molar-refractivity contribution >= 4 is 5.95 Å². The van der Waals surface area contributed by atoms with E-state index in [2.05, 4.69) is 9.97 Å². The van der Waals surface area contributed by atoms with Crippen LogP contribution in [0.1, 0.15) is 15.3 Å². The molecule has 0 aliphatic heterocycles. The van der Waals surface area contributed by atoms with Gasteiger partial charge in [0.2, 0.25) is 5.95 Å². The van der Waals surface area contributed by atoms with E-state index >= 15 is 0 Å². The molecule has 2 N–H and O–H groups in total. The zero-order chi connectivity index (χ0) is 7.11. The Balaban J connectivity index is 0. The number of nitrogen functional groups attached to an aromatic ring is 1. The first-order valence-corrected chi connectivity index (χ1v) is 2.92. The molecule has 0 aliphatic rings. The zero-order valence-electron chi connectivity index (χ0n) is 5.70. The molecular formula is C6H13N3. The summed E-state index contributed by atoms with van der Waals surface area (Å²) in [6.45, 7) is 4.00. The molecule has 1 aromatic heterocycles. The van der Waals surface area contributed by atoms with Crippen LogP contribution in [0.3, 0.4) is 0 Å². The first kappa shape index (κ1) is 7.88. The van der Waals surface area contributed by atoms with E-state index in [1.165, 1.54) is 0 Å². The van der Waals surface area contributed by atoms with Crippen LogP contribution in [0.4, 0.5) is 5.95 Å². The number of nitrogens with zero attached hydrogens (tertiary/aromatic N) is 2. The zero-order valence-corrected chi connectivity index (χ0v) is 5.70. The molecule has 0 radical (unpaired) electrons. The average Bonchev–Trinajstić information content (AvgIpc) is 1.94. The van der Waals surface area contributed by atoms with Crippen molar-refractivity contribution in [2.75, 3.05) is 5.73 Å². The molecule has 9 heavy (non-hydrogen) atoms. The summed E-state index contributed by atoms with van der Waals surface area (Å²) in [5.41, 5.74) is 5.14. The minimum atomic E-state index is 0. The maximum Gasteiger partial charge on any atom is 0.219 e. The van der Waals surface area contributed by atoms with Crippen LogP contribution in [0.15, 0.2) is 18.5 Å². The summed E-state index contributed by atoms with van der Waals surface area (Å²) >= 11 is 0. The average molecular weight is 127 g/mol. The Bertz CT molecular complexity index is 143. The third-order valence-electron chi connectivity index (χ3n) is 0.586. The summed E-state index contributed by atoms with van der Waals surface area (Å²) in [6.07, 6.45) is 3.20. The highest BCUT2D eigenvalue weighted by molar-refractivity contribution is 5.11. The van der Waals surface area contributed by atoms with E-state index in [9.17, 15) is 0 Å². The lowest BCUT2D eigenvalue weighted by Crippen LogP contribution is -1.90. The summed E-state index contributed by atoms with van der Waals surface area (Å²) in [4.78, 5) is 7.29. The lowest BCUT2D eigenvalue weighted by atomic mass is 10.7. The molecule has 1 aromatic rings. The molecule has 3 heteroatoms. The van der Waals surface area contributed by atoms with E-state index in [0.717, 1.165) is 0 Å². The lowest BCUT2D eigenvalue weighted by molar-refractivity contribution is 1.19. The van der Waals surface area contributed by atoms with Gasteiger partial charge in [-0.25, -0.2) is 9.97 Å². The summed E-state index contributed by atoms with van der Waals surface area (Å²) in [6, 6.07) is 1.72. The second kappa shape index (κ2) is 5.03. The molecule has 0 fully saturated rings. The van der Waals surface area contributed by atoms with Gasteiger partial charge in [-0.05, 0) is 6.07 Å². The van der Waals surface area contributed by atoms with Gasteiger partial charge in [0.1, 0.15) is 0 Å². The van der Waals surface area contributed by atoms with Crippen LogP contribution in [-0.4, -0.2) is 9.97 Å². The van der Waals surface area contributed by atoms with Crippen molar-refractivity contribution in [3.8, 4) is 0 Å². The van der Waals surface area contributed by atoms with Crippen molar-refractivity contribution in [2.24, 2.45) is 0 Å². The molecular weight excluding hydrogens is 114 g/mol. The maximum atomic E-state index is 5.14. The Morgan fingerprint density at radius 2 is 1.78 bits per heavy atom. The van der Waals surface area contributed by atoms with Crippen LogP contribution in [0.25, 0.3) is 0 Å². The number of rotatable bonds is 0. The van der Waals surface area contributed by atoms with E-state index in [1.54, 1.807) is 18.5 Å². The summed E-state index contributed by atoms with van der Waals surface area (Å²) in [5.74, 6) is 0.322. The fourth-order valence-electron chi connectivity index (χ4n) is 0.311. The van der Waals surface area contributed by atoms with Crippen LogP contribution in [0.2, 0.25) is 0 Å². The van der Waals surface area contributed by atoms with Gasteiger partial charge in [-0.15, -0.1) is 0 Å². The SMILES string of the molecule is CC.Nc1ncccn1.[HH]. The van der Waals surface area contributed by atoms with Crippen molar-refractivity contribution in [1.29, 1.82) is 0 Å². The first-order valence-electron chi connectivity index (χ1n) is 2.92. The van der Waals surface area contributed by atoms with Gasteiger partial charge in [-0.1, -0.05) is 13.8 Å². The molecule has 0 spiro atoms. The number of anilines is 1. The first-order chi connectivity index (χ1) is 4.39. The molecule has 0 unspecified atom stereocenters. The standard InChI is InChI=1S/C4H5N3.C2H6.H2/c5-4-6-2-1-3-7-4;1-2;/h1-3H,(H2,5,6,7);1-2H3;1H. The monoisotopic (exact) mass is 127 g/mol. The second-order valence-corrected chi connectivity index (χ2v) is 1.11. The highest BCUT2D eigenvalue weighted by Gasteiger charge is 1.75. The fourth-order valence-corrected chi connectivity index (χ4v) is 0.311. The van der Waals surface area contributed by atoms with Crippen LogP contribution in [0, 0.1) is 0 Å². The third-order valence-corrected chi connectivity index (χ3v) is 0.586. The van der Waals surface area contributed by atoms with Crippen LogP contribution in [0.5, 0.6) is 0 Å². The van der Waals surface area contributed by atoms with Crippen LogP contribution >= 0.6 is 0 Å². The van der Waals surface area contributed by atoms with Crippen LogP contribution < -0.4 is 5.73 Å². The number of hydrogen-bond donors (Lipinski definition) is 1. The molecule has 0 aromatic carbocycles. The van der Waals surface area contributed by atoms with Crippen molar-refractivity contribution < 1.29 is 1.43 Å². The van der Waals surface area contributed by atoms with Gasteiger partial charge < -0.3 is 5.73 Å². The third kappa shape index (κ3) is 3.46. The van der Waals surface area contributed by atoms with Crippen molar-refractivity contribution in [2.45, 2.75) is 13.8 Å². The van der Waals surface area contributed by atoms with Gasteiger partial charge in [0, 0.05) is 13.8 Å². The smallest absolute Gasteiger partial charge is 0.219 e. The second-order valence-electron chi connectivity index (χ2n) is 1.11. The van der Waals surface area contributed by atoms with Crippen molar-refractivity contribution in [3.05, 3.63) is 18.5 Å². The molecule has 52 valence electrons. The Morgan fingerprint density at radius 3 is 2.00 bits per heavy atom. The van der Waals surface area contributed by atoms with Gasteiger partial charge in [0.15, 0.2) is 0 Å². The lowest BCUT2D eigenvalue weighted by Gasteiger charge is -1.82. The molecule has 1 heterocycles. The molecule has 0 amide bonds. The highest BCUT2D eigenvalue weighted by atomic mass is 15.0. The van der Waals surface area contributed by atoms with E-state index in [4.69, 9.17) is 5.73 Å². The largest absolute Gasteiger partial charge is 0.368 e. The summed E-state index contributed by atoms with van der Waals surface area (Å²) in [5, 5.41) is 0. The minimum absolute atomic E-state index is 0. The Kier molecular flexibility index (Phi) is 4.40. The Hall–Kier alpha value is -1.12. The highest BCUT2D eigenvalue weighted by Crippen LogP contribution is 1.81. The molecule has 3 nitrogen and oxygen atoms in total. The molecule has 1 rings (SSSR count). The van der Waals surface area contributed by atoms with Gasteiger partial charge in [0.05, 0.1) is 0 Å². The Morgan fingerprint density at radius 1 is 1.33 bits per heavy atom. The summed E-state index contributed by atoms with van der Waals surface area (Å²) in [7, 11) is 0. The van der Waals surface area contributed by atoms with Gasteiger partial charge >= 0.3 is 0 Å². The number of aromatic nitrogens is 2. The van der Waals surface area contributed by atoms with E-state index in [0.29, 0.717) is 5.95 Å². The minimum Gasteiger partial charge on any atom is -0.368 e. The van der Waals surface area contributed by atoms with E-state index in [1.807, 2.05) is 13.8 Å². The topological polar surface area (TPSA) is 51.8 Å². The quantitative estimate of drug-likeness (QED) is 0.572. The van der Waals surface area contributed by atoms with E-state index in [-0.39, 0.29) is 1.43 Å². The predicted molar refractivity (Wildman–Crippen MR) is 39.9 cm³/mol. The van der Waals surface area contributed by atoms with Gasteiger partial charge in [0.25, 0.3) is 0 Å². The molecule has 0 atom stereocenters. The number of hydrogen-bond acceptors (Lipinski definition) is 3. The number of nitrogens with two attached hydrogens (primary N) is 1. The molecule has 0 saturated carbocycles. The van der Waals surface area contributed by atoms with Gasteiger partial charge in [-0.3, -0.25) is 0 Å². The molecule has 0 bridgehead atoms. The van der Waals surface area contributed by atoms with Crippen molar-refractivity contribution in [3.63, 3.8) is 0 Å². The predicted octanol–water partition coefficient (Wildman–Crippen LogP) is 1.33. The normalized spacial score (nSPS) is 7.33. The van der Waals surface area contributed by atoms with Crippen molar-refractivity contribution in [1.82, 2.24) is 9.97 Å². The van der Waals surface area contributed by atoms with Gasteiger partial charge in [-0.2, -0.15) is 0 Å². The Labute approximate surface area is 56.4 Å². The van der Waals surface area contributed by atoms with E-state index < -0.39 is 0 Å². The fraction of sp³-hybridized carbons (Fsp3) is 0.333. The summed E-state index contributed by atoms with van der Waals surface area (Å²) < 4.78 is 0.